The van der Waals surface area contributed by atoms with Crippen LogP contribution in [-0.2, 0) is 9.53 Å². The lowest BCUT2D eigenvalue weighted by atomic mass is 9.95. The summed E-state index contributed by atoms with van der Waals surface area (Å²) < 4.78 is 5.81. The van der Waals surface area contributed by atoms with Crippen molar-refractivity contribution < 1.29 is 9.53 Å². The minimum Gasteiger partial charge on any atom is -0.374 e. The highest BCUT2D eigenvalue weighted by molar-refractivity contribution is 7.59. The Hall–Kier alpha value is -2.95. The fourth-order valence-corrected chi connectivity index (χ4v) is 4.80. The third kappa shape index (κ3) is 5.88. The lowest BCUT2D eigenvalue weighted by Gasteiger charge is -2.34. The summed E-state index contributed by atoms with van der Waals surface area (Å²) in [5.41, 5.74) is 4.61. The lowest BCUT2D eigenvalue weighted by molar-refractivity contribution is -0.133. The number of piperidine rings is 1. The minimum atomic E-state index is 0. The van der Waals surface area contributed by atoms with Gasteiger partial charge in [-0.1, -0.05) is 12.1 Å². The molecule has 2 aromatic heterocycles. The molecule has 0 bridgehead atoms. The monoisotopic (exact) mass is 509 g/mol. The fourth-order valence-electron chi connectivity index (χ4n) is 4.80. The fraction of sp³-hybridized carbons (Fsp3) is 0.462. The molecule has 10 heteroatoms. The highest BCUT2D eigenvalue weighted by atomic mass is 32.1. The van der Waals surface area contributed by atoms with Gasteiger partial charge >= 0.3 is 0 Å². The zero-order chi connectivity index (χ0) is 24.2. The number of nitrogens with one attached hydrogen (secondary N) is 2. The Morgan fingerprint density at radius 3 is 2.61 bits per heavy atom. The smallest absolute Gasteiger partial charge is 0.225 e. The molecule has 0 saturated carbocycles. The minimum absolute atomic E-state index is 0. The second kappa shape index (κ2) is 11.9. The van der Waals surface area contributed by atoms with E-state index in [1.54, 1.807) is 17.3 Å². The Kier molecular flexibility index (Phi) is 8.60. The summed E-state index contributed by atoms with van der Waals surface area (Å²) in [6.45, 7) is 4.86. The average molecular weight is 510 g/mol. The maximum Gasteiger partial charge on any atom is 0.225 e. The van der Waals surface area contributed by atoms with Crippen molar-refractivity contribution in [2.24, 2.45) is 5.92 Å². The van der Waals surface area contributed by atoms with Gasteiger partial charge in [-0.15, -0.1) is 0 Å². The number of anilines is 2. The molecule has 3 aromatic rings. The Labute approximate surface area is 219 Å². The standard InChI is InChI=1S/C26H33N7O2.H2S/c1-32(2)26(34)19-7-12-33(13-8-19)20-5-3-18(4-6-20)22-15-23-24(29-10-9-28-23)25(31-22)30-17-21-16-27-11-14-35-21;/h3-6,9-10,15,19,21,27H,7-8,11-14,16-17H2,1-2H3,(H,30,31);1H2/t21-;/m0./s1. The SMILES string of the molecule is CN(C)C(=O)C1CCN(c2ccc(-c3cc4nccnc4c(NC[C@@H]4CNCCO4)n3)cc2)CC1.S. The first kappa shape index (κ1) is 26.1. The van der Waals surface area contributed by atoms with Crippen LogP contribution in [0.5, 0.6) is 0 Å². The molecule has 5 rings (SSSR count). The Morgan fingerprint density at radius 2 is 1.92 bits per heavy atom. The number of carbonyl (C=O) groups excluding carboxylic acids is 1. The summed E-state index contributed by atoms with van der Waals surface area (Å²) >= 11 is 0. The second-order valence-electron chi connectivity index (χ2n) is 9.40. The first-order chi connectivity index (χ1) is 17.1. The van der Waals surface area contributed by atoms with Gasteiger partial charge in [0.05, 0.1) is 23.9 Å². The molecular weight excluding hydrogens is 474 g/mol. The van der Waals surface area contributed by atoms with Gasteiger partial charge in [-0.05, 0) is 31.0 Å². The maximum atomic E-state index is 12.3. The molecule has 0 aliphatic carbocycles. The van der Waals surface area contributed by atoms with Crippen LogP contribution in [0.2, 0.25) is 0 Å². The van der Waals surface area contributed by atoms with Gasteiger partial charge in [-0.25, -0.2) is 9.97 Å². The van der Waals surface area contributed by atoms with E-state index in [-0.39, 0.29) is 31.4 Å². The van der Waals surface area contributed by atoms with Crippen molar-refractivity contribution in [2.45, 2.75) is 18.9 Å². The quantitative estimate of drug-likeness (QED) is 0.524. The van der Waals surface area contributed by atoms with E-state index in [0.717, 1.165) is 73.7 Å². The van der Waals surface area contributed by atoms with E-state index in [0.29, 0.717) is 6.54 Å². The predicted octanol–water partition coefficient (Wildman–Crippen LogP) is 2.51. The topological polar surface area (TPSA) is 95.5 Å². The highest BCUT2D eigenvalue weighted by Crippen LogP contribution is 2.29. The van der Waals surface area contributed by atoms with Crippen LogP contribution in [-0.4, -0.2) is 85.3 Å². The van der Waals surface area contributed by atoms with E-state index >= 15 is 0 Å². The van der Waals surface area contributed by atoms with Crippen molar-refractivity contribution in [2.75, 3.05) is 63.6 Å². The van der Waals surface area contributed by atoms with Crippen molar-refractivity contribution >= 4 is 41.9 Å². The van der Waals surface area contributed by atoms with Crippen LogP contribution in [0.1, 0.15) is 12.8 Å². The van der Waals surface area contributed by atoms with Crippen molar-refractivity contribution in [1.29, 1.82) is 0 Å². The van der Waals surface area contributed by atoms with Crippen molar-refractivity contribution in [1.82, 2.24) is 25.2 Å². The number of ether oxygens (including phenoxy) is 1. The number of hydrogen-bond acceptors (Lipinski definition) is 8. The summed E-state index contributed by atoms with van der Waals surface area (Å²) in [6.07, 6.45) is 5.27. The van der Waals surface area contributed by atoms with Crippen molar-refractivity contribution in [3.8, 4) is 11.3 Å². The molecular formula is C26H35N7O2S. The van der Waals surface area contributed by atoms with Crippen LogP contribution in [0.25, 0.3) is 22.3 Å². The molecule has 2 N–H and O–H groups in total. The number of pyridine rings is 1. The van der Waals surface area contributed by atoms with Gasteiger partial charge in [-0.2, -0.15) is 13.5 Å². The number of nitrogens with zero attached hydrogens (tertiary/aromatic N) is 5. The summed E-state index contributed by atoms with van der Waals surface area (Å²) in [5.74, 6) is 1.09. The zero-order valence-corrected chi connectivity index (χ0v) is 21.9. The van der Waals surface area contributed by atoms with E-state index in [2.05, 4.69) is 49.8 Å². The number of carbonyl (C=O) groups is 1. The van der Waals surface area contributed by atoms with Gasteiger partial charge in [0, 0.05) is 76.4 Å². The number of benzene rings is 1. The molecule has 2 saturated heterocycles. The van der Waals surface area contributed by atoms with Gasteiger partial charge in [-0.3, -0.25) is 9.78 Å². The third-order valence-electron chi connectivity index (χ3n) is 6.77. The summed E-state index contributed by atoms with van der Waals surface area (Å²) in [7, 11) is 3.67. The highest BCUT2D eigenvalue weighted by Gasteiger charge is 2.26. The number of hydrogen-bond donors (Lipinski definition) is 2. The molecule has 1 aromatic carbocycles. The Balaban J connectivity index is 0.00000304. The molecule has 0 radical (unpaired) electrons. The molecule has 2 aliphatic rings. The molecule has 0 unspecified atom stereocenters. The van der Waals surface area contributed by atoms with Crippen LogP contribution in [0, 0.1) is 5.92 Å². The van der Waals surface area contributed by atoms with Crippen LogP contribution >= 0.6 is 13.5 Å². The number of rotatable bonds is 6. The molecule has 1 atom stereocenters. The molecule has 0 spiro atoms. The second-order valence-corrected chi connectivity index (χ2v) is 9.40. The average Bonchev–Trinajstić information content (AvgIpc) is 2.92. The molecule has 4 heterocycles. The predicted molar refractivity (Wildman–Crippen MR) is 148 cm³/mol. The van der Waals surface area contributed by atoms with Gasteiger partial charge < -0.3 is 25.2 Å². The summed E-state index contributed by atoms with van der Waals surface area (Å²) in [5, 5.41) is 6.79. The van der Waals surface area contributed by atoms with E-state index in [9.17, 15) is 4.79 Å². The largest absolute Gasteiger partial charge is 0.374 e. The number of amides is 1. The van der Waals surface area contributed by atoms with E-state index in [1.807, 2.05) is 20.2 Å². The van der Waals surface area contributed by atoms with Gasteiger partial charge in [0.15, 0.2) is 5.82 Å². The normalized spacial score (nSPS) is 18.5. The number of morpholine rings is 1. The van der Waals surface area contributed by atoms with Gasteiger partial charge in [0.25, 0.3) is 0 Å². The van der Waals surface area contributed by atoms with Crippen molar-refractivity contribution in [3.05, 3.63) is 42.7 Å². The number of aromatic nitrogens is 3. The lowest BCUT2D eigenvalue weighted by Crippen LogP contribution is -2.42. The molecule has 36 heavy (non-hydrogen) atoms. The van der Waals surface area contributed by atoms with Crippen molar-refractivity contribution in [3.63, 3.8) is 0 Å². The molecule has 2 fully saturated rings. The van der Waals surface area contributed by atoms with Crippen LogP contribution < -0.4 is 15.5 Å². The first-order valence-electron chi connectivity index (χ1n) is 12.3. The van der Waals surface area contributed by atoms with E-state index < -0.39 is 0 Å². The molecule has 9 nitrogen and oxygen atoms in total. The zero-order valence-electron chi connectivity index (χ0n) is 20.9. The summed E-state index contributed by atoms with van der Waals surface area (Å²) in [6, 6.07) is 10.5. The van der Waals surface area contributed by atoms with Crippen LogP contribution in [0.4, 0.5) is 11.5 Å². The summed E-state index contributed by atoms with van der Waals surface area (Å²) in [4.78, 5) is 30.3. The molecule has 2 aliphatic heterocycles. The number of fused-ring (bicyclic) bond motifs is 1. The first-order valence-corrected chi connectivity index (χ1v) is 12.3. The Bertz CT molecular complexity index is 1160. The van der Waals surface area contributed by atoms with Gasteiger partial charge in [0.2, 0.25) is 5.91 Å². The van der Waals surface area contributed by atoms with E-state index in [4.69, 9.17) is 9.72 Å². The maximum absolute atomic E-state index is 12.3. The molecule has 1 amide bonds. The molecule has 192 valence electrons. The van der Waals surface area contributed by atoms with E-state index in [1.165, 1.54) is 5.69 Å². The third-order valence-corrected chi connectivity index (χ3v) is 6.77. The van der Waals surface area contributed by atoms with Crippen LogP contribution in [0.15, 0.2) is 42.7 Å². The van der Waals surface area contributed by atoms with Gasteiger partial charge in [0.1, 0.15) is 5.52 Å². The van der Waals surface area contributed by atoms with Crippen LogP contribution in [0.3, 0.4) is 0 Å². The Morgan fingerprint density at radius 1 is 1.17 bits per heavy atom.